The number of nitrogens with zero attached hydrogens (tertiary/aromatic N) is 3. The maximum Gasteiger partial charge on any atom is 0.317 e. The average molecular weight is 396 g/mol. The predicted octanol–water partition coefficient (Wildman–Crippen LogP) is 1.30. The summed E-state index contributed by atoms with van der Waals surface area (Å²) in [5.41, 5.74) is 0.962. The van der Waals surface area contributed by atoms with Gasteiger partial charge in [0, 0.05) is 18.6 Å². The number of nitrogens with one attached hydrogen (secondary N) is 1. The molecule has 2 fully saturated rings. The standard InChI is InChI=1S/C16H20N4O4S2/c21-15(22)9-20(8-10-4-5-10)12-6-11(7-12)19-26(23,24)14-3-1-2-13-16(14)18-25-17-13/h1-3,10-12,19H,4-9H2,(H,21,22). The smallest absolute Gasteiger partial charge is 0.317 e. The van der Waals surface area contributed by atoms with Crippen LogP contribution >= 0.6 is 11.7 Å². The maximum absolute atomic E-state index is 12.7. The number of aromatic nitrogens is 2. The molecule has 8 nitrogen and oxygen atoms in total. The van der Waals surface area contributed by atoms with Crippen LogP contribution in [0.2, 0.25) is 0 Å². The number of carboxylic acids is 1. The van der Waals surface area contributed by atoms with Crippen molar-refractivity contribution >= 4 is 38.8 Å². The van der Waals surface area contributed by atoms with Crippen LogP contribution in [-0.4, -0.2) is 58.3 Å². The van der Waals surface area contributed by atoms with Crippen molar-refractivity contribution in [1.82, 2.24) is 18.4 Å². The number of carbonyl (C=O) groups is 1. The van der Waals surface area contributed by atoms with Crippen molar-refractivity contribution in [3.8, 4) is 0 Å². The highest BCUT2D eigenvalue weighted by molar-refractivity contribution is 7.89. The number of benzene rings is 1. The Morgan fingerprint density at radius 2 is 2.08 bits per heavy atom. The molecule has 1 aromatic carbocycles. The lowest BCUT2D eigenvalue weighted by Crippen LogP contribution is -2.55. The van der Waals surface area contributed by atoms with Gasteiger partial charge in [0.25, 0.3) is 0 Å². The molecule has 1 aromatic heterocycles. The minimum absolute atomic E-state index is 0.0183. The summed E-state index contributed by atoms with van der Waals surface area (Å²) < 4.78 is 36.3. The fourth-order valence-electron chi connectivity index (χ4n) is 3.41. The molecule has 140 valence electrons. The lowest BCUT2D eigenvalue weighted by molar-refractivity contribution is -0.139. The van der Waals surface area contributed by atoms with Crippen molar-refractivity contribution < 1.29 is 18.3 Å². The third-order valence-electron chi connectivity index (χ3n) is 5.02. The summed E-state index contributed by atoms with van der Waals surface area (Å²) in [5.74, 6) is -0.239. The molecule has 0 unspecified atom stereocenters. The highest BCUT2D eigenvalue weighted by Crippen LogP contribution is 2.34. The molecule has 2 aromatic rings. The van der Waals surface area contributed by atoms with Gasteiger partial charge >= 0.3 is 5.97 Å². The second-order valence-electron chi connectivity index (χ2n) is 7.10. The number of hydrogen-bond acceptors (Lipinski definition) is 7. The zero-order valence-corrected chi connectivity index (χ0v) is 15.7. The number of rotatable bonds is 8. The lowest BCUT2D eigenvalue weighted by Gasteiger charge is -2.42. The van der Waals surface area contributed by atoms with E-state index in [2.05, 4.69) is 13.5 Å². The summed E-state index contributed by atoms with van der Waals surface area (Å²) in [6.45, 7) is 0.810. The van der Waals surface area contributed by atoms with Crippen molar-refractivity contribution in [3.05, 3.63) is 18.2 Å². The minimum Gasteiger partial charge on any atom is -0.480 e. The Morgan fingerprint density at radius 3 is 2.77 bits per heavy atom. The zero-order valence-electron chi connectivity index (χ0n) is 14.0. The molecule has 0 aliphatic heterocycles. The Bertz CT molecular complexity index is 919. The van der Waals surface area contributed by atoms with Crippen LogP contribution in [-0.2, 0) is 14.8 Å². The van der Waals surface area contributed by atoms with Crippen LogP contribution in [0.25, 0.3) is 11.0 Å². The van der Waals surface area contributed by atoms with Crippen LogP contribution in [0.15, 0.2) is 23.1 Å². The normalized spacial score (nSPS) is 23.3. The molecule has 0 atom stereocenters. The van der Waals surface area contributed by atoms with Crippen molar-refractivity contribution in [2.45, 2.75) is 42.7 Å². The highest BCUT2D eigenvalue weighted by atomic mass is 32.2. The fraction of sp³-hybridized carbons (Fsp3) is 0.562. The number of sulfonamides is 1. The molecule has 1 heterocycles. The van der Waals surface area contributed by atoms with E-state index in [0.29, 0.717) is 29.8 Å². The number of aliphatic carboxylic acids is 1. The molecule has 26 heavy (non-hydrogen) atoms. The first-order chi connectivity index (χ1) is 12.4. The van der Waals surface area contributed by atoms with Crippen LogP contribution < -0.4 is 4.72 Å². The molecule has 0 amide bonds. The lowest BCUT2D eigenvalue weighted by atomic mass is 9.86. The topological polar surface area (TPSA) is 112 Å². The van der Waals surface area contributed by atoms with Crippen LogP contribution in [0.4, 0.5) is 0 Å². The summed E-state index contributed by atoms with van der Waals surface area (Å²) in [5, 5.41) is 9.10. The summed E-state index contributed by atoms with van der Waals surface area (Å²) in [6.07, 6.45) is 3.57. The largest absolute Gasteiger partial charge is 0.480 e. The van der Waals surface area contributed by atoms with E-state index in [1.165, 1.54) is 6.07 Å². The van der Waals surface area contributed by atoms with E-state index in [9.17, 15) is 13.2 Å². The van der Waals surface area contributed by atoms with E-state index in [0.717, 1.165) is 31.1 Å². The molecule has 10 heteroatoms. The highest BCUT2D eigenvalue weighted by Gasteiger charge is 2.39. The van der Waals surface area contributed by atoms with Gasteiger partial charge in [0.1, 0.15) is 15.9 Å². The minimum atomic E-state index is -3.68. The Morgan fingerprint density at radius 1 is 1.31 bits per heavy atom. The first-order valence-corrected chi connectivity index (χ1v) is 10.8. The van der Waals surface area contributed by atoms with Crippen molar-refractivity contribution in [2.24, 2.45) is 5.92 Å². The van der Waals surface area contributed by atoms with Crippen LogP contribution in [0, 0.1) is 5.92 Å². The third kappa shape index (κ3) is 3.73. The maximum atomic E-state index is 12.7. The number of hydrogen-bond donors (Lipinski definition) is 2. The molecule has 2 aliphatic carbocycles. The molecular weight excluding hydrogens is 376 g/mol. The second kappa shape index (κ2) is 6.84. The number of carboxylic acid groups (broad SMARTS) is 1. The van der Waals surface area contributed by atoms with Crippen molar-refractivity contribution in [2.75, 3.05) is 13.1 Å². The van der Waals surface area contributed by atoms with E-state index < -0.39 is 16.0 Å². The quantitative estimate of drug-likeness (QED) is 0.691. The Labute approximate surface area is 155 Å². The molecule has 2 N–H and O–H groups in total. The Kier molecular flexibility index (Phi) is 4.68. The molecule has 0 saturated heterocycles. The van der Waals surface area contributed by atoms with Gasteiger partial charge in [0.15, 0.2) is 0 Å². The second-order valence-corrected chi connectivity index (χ2v) is 9.31. The monoisotopic (exact) mass is 396 g/mol. The number of fused-ring (bicyclic) bond motifs is 1. The van der Waals surface area contributed by atoms with Crippen LogP contribution in [0.5, 0.6) is 0 Å². The molecule has 4 rings (SSSR count). The summed E-state index contributed by atoms with van der Waals surface area (Å²) in [4.78, 5) is 13.2. The van der Waals surface area contributed by atoms with E-state index >= 15 is 0 Å². The van der Waals surface area contributed by atoms with Crippen molar-refractivity contribution in [3.63, 3.8) is 0 Å². The van der Waals surface area contributed by atoms with E-state index in [1.807, 2.05) is 4.90 Å². The molecule has 2 aliphatic rings. The van der Waals surface area contributed by atoms with E-state index in [-0.39, 0.29) is 23.5 Å². The average Bonchev–Trinajstić information content (AvgIpc) is 3.21. The van der Waals surface area contributed by atoms with Crippen LogP contribution in [0.1, 0.15) is 25.7 Å². The van der Waals surface area contributed by atoms with Gasteiger partial charge in [0.2, 0.25) is 10.0 Å². The van der Waals surface area contributed by atoms with Crippen LogP contribution in [0.3, 0.4) is 0 Å². The molecule has 2 saturated carbocycles. The van der Waals surface area contributed by atoms with E-state index in [4.69, 9.17) is 5.11 Å². The predicted molar refractivity (Wildman–Crippen MR) is 96.5 cm³/mol. The van der Waals surface area contributed by atoms with Gasteiger partial charge in [-0.15, -0.1) is 0 Å². The van der Waals surface area contributed by atoms with Gasteiger partial charge in [-0.25, -0.2) is 13.1 Å². The van der Waals surface area contributed by atoms with E-state index in [1.54, 1.807) is 12.1 Å². The van der Waals surface area contributed by atoms with Gasteiger partial charge in [-0.1, -0.05) is 6.07 Å². The molecule has 0 spiro atoms. The van der Waals surface area contributed by atoms with Gasteiger partial charge < -0.3 is 5.11 Å². The zero-order chi connectivity index (χ0) is 18.3. The third-order valence-corrected chi connectivity index (χ3v) is 7.11. The Balaban J connectivity index is 1.41. The van der Waals surface area contributed by atoms with Gasteiger partial charge in [-0.3, -0.25) is 9.69 Å². The van der Waals surface area contributed by atoms with Gasteiger partial charge in [-0.2, -0.15) is 8.75 Å². The van der Waals surface area contributed by atoms with Crippen molar-refractivity contribution in [1.29, 1.82) is 0 Å². The molecular formula is C16H20N4O4S2. The summed E-state index contributed by atoms with van der Waals surface area (Å²) in [7, 11) is -3.68. The summed E-state index contributed by atoms with van der Waals surface area (Å²) in [6, 6.07) is 4.87. The molecule has 0 radical (unpaired) electrons. The van der Waals surface area contributed by atoms with Gasteiger partial charge in [-0.05, 0) is 43.7 Å². The fourth-order valence-corrected chi connectivity index (χ4v) is 5.44. The SMILES string of the molecule is O=C(O)CN(CC1CC1)C1CC(NS(=O)(=O)c2cccc3nsnc23)C1. The first kappa shape index (κ1) is 17.8. The first-order valence-electron chi connectivity index (χ1n) is 8.62. The molecule has 0 bridgehead atoms. The Hall–Kier alpha value is -1.62. The van der Waals surface area contributed by atoms with Gasteiger partial charge in [0.05, 0.1) is 18.3 Å². The summed E-state index contributed by atoms with van der Waals surface area (Å²) >= 11 is 0.989.